The number of aliphatic hydroxyl groups excluding tert-OH is 2. The molecule has 0 bridgehead atoms. The fourth-order valence-electron chi connectivity index (χ4n) is 3.46. The highest BCUT2D eigenvalue weighted by atomic mass is 32.2. The Hall–Kier alpha value is -1.99. The summed E-state index contributed by atoms with van der Waals surface area (Å²) in [6.07, 6.45) is 3.80. The average Bonchev–Trinajstić information content (AvgIpc) is 3.39. The van der Waals surface area contributed by atoms with Crippen molar-refractivity contribution in [2.24, 2.45) is 0 Å². The molecule has 0 saturated carbocycles. The van der Waals surface area contributed by atoms with Gasteiger partial charge in [-0.15, -0.1) is 16.9 Å². The van der Waals surface area contributed by atoms with Gasteiger partial charge in [-0.2, -0.15) is 0 Å². The van der Waals surface area contributed by atoms with Crippen LogP contribution in [0.5, 0.6) is 0 Å². The van der Waals surface area contributed by atoms with E-state index in [9.17, 15) is 19.8 Å². The maximum absolute atomic E-state index is 13.0. The highest BCUT2D eigenvalue weighted by Gasteiger charge is 2.35. The van der Waals surface area contributed by atoms with Gasteiger partial charge in [-0.3, -0.25) is 13.9 Å². The van der Waals surface area contributed by atoms with Crippen LogP contribution in [0.25, 0.3) is 0 Å². The summed E-state index contributed by atoms with van der Waals surface area (Å²) < 4.78 is 15.0. The van der Waals surface area contributed by atoms with Crippen molar-refractivity contribution in [2.45, 2.75) is 56.5 Å². The minimum Gasteiger partial charge on any atom is -0.395 e. The minimum absolute atomic E-state index is 0.00553. The first-order chi connectivity index (χ1) is 15.4. The highest BCUT2D eigenvalue weighted by molar-refractivity contribution is 8.00. The van der Waals surface area contributed by atoms with Crippen LogP contribution < -0.4 is 11.2 Å². The molecule has 3 atom stereocenters. The molecule has 178 valence electrons. The second-order valence-electron chi connectivity index (χ2n) is 7.71. The first-order valence-corrected chi connectivity index (χ1v) is 11.7. The summed E-state index contributed by atoms with van der Waals surface area (Å²) in [6.45, 7) is 6.23. The third kappa shape index (κ3) is 6.07. The first-order valence-electron chi connectivity index (χ1n) is 10.8. The summed E-state index contributed by atoms with van der Waals surface area (Å²) in [4.78, 5) is 25.7. The maximum Gasteiger partial charge on any atom is 0.332 e. The van der Waals surface area contributed by atoms with E-state index in [4.69, 9.17) is 9.47 Å². The van der Waals surface area contributed by atoms with Crippen LogP contribution in [-0.4, -0.2) is 78.7 Å². The maximum atomic E-state index is 13.0. The van der Waals surface area contributed by atoms with Crippen molar-refractivity contribution in [3.8, 4) is 0 Å². The molecule has 0 amide bonds. The summed E-state index contributed by atoms with van der Waals surface area (Å²) in [7, 11) is 0. The number of ether oxygens (including phenoxy) is 2. The van der Waals surface area contributed by atoms with E-state index in [1.807, 2.05) is 6.92 Å². The van der Waals surface area contributed by atoms with Gasteiger partial charge < -0.3 is 19.7 Å². The van der Waals surface area contributed by atoms with E-state index in [0.717, 1.165) is 17.6 Å². The summed E-state index contributed by atoms with van der Waals surface area (Å²) in [6, 6.07) is 0. The van der Waals surface area contributed by atoms with Gasteiger partial charge in [0.05, 0.1) is 62.4 Å². The Kier molecular flexibility index (Phi) is 9.05. The number of aromatic nitrogens is 5. The Morgan fingerprint density at radius 2 is 1.94 bits per heavy atom. The highest BCUT2D eigenvalue weighted by Crippen LogP contribution is 2.40. The third-order valence-electron chi connectivity index (χ3n) is 5.15. The molecule has 0 radical (unpaired) electrons. The van der Waals surface area contributed by atoms with Crippen molar-refractivity contribution >= 4 is 11.8 Å². The lowest BCUT2D eigenvalue weighted by atomic mass is 10.2. The lowest BCUT2D eigenvalue weighted by Crippen LogP contribution is -2.41. The fourth-order valence-corrected chi connectivity index (χ4v) is 4.83. The second kappa shape index (κ2) is 11.8. The van der Waals surface area contributed by atoms with Crippen LogP contribution in [0, 0.1) is 6.92 Å². The topological polar surface area (TPSA) is 134 Å². The molecule has 3 heterocycles. The van der Waals surface area contributed by atoms with Crippen LogP contribution >= 0.6 is 11.8 Å². The van der Waals surface area contributed by atoms with Crippen LogP contribution in [0.3, 0.4) is 0 Å². The minimum atomic E-state index is -0.706. The molecular formula is C20H31N5O6S. The summed E-state index contributed by atoms with van der Waals surface area (Å²) in [5, 5.41) is 26.9. The second-order valence-corrected chi connectivity index (χ2v) is 9.13. The van der Waals surface area contributed by atoms with Crippen molar-refractivity contribution in [2.75, 3.05) is 33.0 Å². The van der Waals surface area contributed by atoms with Crippen molar-refractivity contribution in [3.05, 3.63) is 44.5 Å². The molecule has 2 aromatic rings. The van der Waals surface area contributed by atoms with E-state index in [1.165, 1.54) is 22.5 Å². The monoisotopic (exact) mass is 469 g/mol. The van der Waals surface area contributed by atoms with Gasteiger partial charge in [-0.25, -0.2) is 9.48 Å². The molecule has 1 aliphatic rings. The molecule has 32 heavy (non-hydrogen) atoms. The van der Waals surface area contributed by atoms with Crippen molar-refractivity contribution in [1.82, 2.24) is 24.1 Å². The third-order valence-corrected chi connectivity index (χ3v) is 6.70. The lowest BCUT2D eigenvalue weighted by Gasteiger charge is -2.16. The Morgan fingerprint density at radius 1 is 1.19 bits per heavy atom. The van der Waals surface area contributed by atoms with E-state index in [2.05, 4.69) is 10.3 Å². The number of hydrogen-bond donors (Lipinski definition) is 2. The number of hydrogen-bond acceptors (Lipinski definition) is 9. The molecule has 3 rings (SSSR count). The van der Waals surface area contributed by atoms with Crippen molar-refractivity contribution < 1.29 is 19.7 Å². The van der Waals surface area contributed by atoms with Crippen molar-refractivity contribution in [3.63, 3.8) is 0 Å². The summed E-state index contributed by atoms with van der Waals surface area (Å²) in [5.74, 6) is 0. The molecule has 11 nitrogen and oxygen atoms in total. The molecule has 2 aromatic heterocycles. The Morgan fingerprint density at radius 3 is 2.62 bits per heavy atom. The Balaban J connectivity index is 1.65. The van der Waals surface area contributed by atoms with Gasteiger partial charge in [0.25, 0.3) is 5.56 Å². The van der Waals surface area contributed by atoms with Gasteiger partial charge in [0.15, 0.2) is 0 Å². The molecule has 0 aliphatic carbocycles. The van der Waals surface area contributed by atoms with Gasteiger partial charge in [-0.05, 0) is 13.3 Å². The number of aliphatic hydroxyl groups is 2. The zero-order valence-electron chi connectivity index (χ0n) is 18.4. The van der Waals surface area contributed by atoms with Gasteiger partial charge in [0.2, 0.25) is 0 Å². The molecule has 1 aliphatic heterocycles. The van der Waals surface area contributed by atoms with Gasteiger partial charge in [0, 0.05) is 24.8 Å². The number of aryl methyl sites for hydroxylation is 1. The summed E-state index contributed by atoms with van der Waals surface area (Å²) in [5.41, 5.74) is 0.0329. The fraction of sp³-hybridized carbons (Fsp3) is 0.700. The van der Waals surface area contributed by atoms with E-state index in [-0.39, 0.29) is 23.8 Å². The molecule has 0 aromatic carbocycles. The normalized spacial score (nSPS) is 20.8. The van der Waals surface area contributed by atoms with Gasteiger partial charge in [0.1, 0.15) is 5.69 Å². The summed E-state index contributed by atoms with van der Waals surface area (Å²) >= 11 is 1.33. The van der Waals surface area contributed by atoms with E-state index in [1.54, 1.807) is 17.8 Å². The predicted octanol–water partition coefficient (Wildman–Crippen LogP) is -0.241. The zero-order valence-corrected chi connectivity index (χ0v) is 19.2. The van der Waals surface area contributed by atoms with Crippen LogP contribution in [0.1, 0.15) is 36.4 Å². The molecule has 1 fully saturated rings. The van der Waals surface area contributed by atoms with E-state index < -0.39 is 17.4 Å². The molecule has 0 spiro atoms. The molecule has 12 heteroatoms. The molecule has 1 saturated heterocycles. The van der Waals surface area contributed by atoms with Gasteiger partial charge in [-0.1, -0.05) is 12.1 Å². The van der Waals surface area contributed by atoms with E-state index in [0.29, 0.717) is 44.0 Å². The van der Waals surface area contributed by atoms with Gasteiger partial charge >= 0.3 is 5.69 Å². The lowest BCUT2D eigenvalue weighted by molar-refractivity contribution is 0.0441. The number of thioether (sulfide) groups is 1. The Bertz CT molecular complexity index is 990. The van der Waals surface area contributed by atoms with Crippen LogP contribution in [0.2, 0.25) is 0 Å². The quantitative estimate of drug-likeness (QED) is 0.404. The number of rotatable bonds is 12. The van der Waals surface area contributed by atoms with E-state index >= 15 is 0 Å². The largest absolute Gasteiger partial charge is 0.395 e. The van der Waals surface area contributed by atoms with Crippen LogP contribution in [0.4, 0.5) is 0 Å². The zero-order chi connectivity index (χ0) is 23.1. The molecule has 2 unspecified atom stereocenters. The predicted molar refractivity (Wildman–Crippen MR) is 119 cm³/mol. The smallest absolute Gasteiger partial charge is 0.332 e. The average molecular weight is 470 g/mol. The van der Waals surface area contributed by atoms with Crippen molar-refractivity contribution in [1.29, 1.82) is 0 Å². The number of nitrogens with zero attached hydrogens (tertiary/aromatic N) is 5. The molecule has 2 N–H and O–H groups in total. The first kappa shape index (κ1) is 24.6. The standard InChI is InChI=1S/C20H31N5O6S/c1-3-5-30-7-8-31-6-4-23-11-15(21-22-23)12-25-19(28)14(2)10-24(20(25)29)18-9-16(27)17(13-26)32-18/h10-11,16-18,26-27H,3-9,12-13H2,1-2H3/t16?,17-,18?/m1/s1. The van der Waals surface area contributed by atoms with Crippen LogP contribution in [0.15, 0.2) is 22.0 Å². The van der Waals surface area contributed by atoms with Crippen LogP contribution in [-0.2, 0) is 22.6 Å². The molecular weight excluding hydrogens is 438 g/mol. The Labute approximate surface area is 190 Å². The SMILES string of the molecule is CCCOCCOCCn1cc(Cn2c(=O)c(C)cn(C3CC(O)[C@@H](CO)S3)c2=O)nn1.